The van der Waals surface area contributed by atoms with E-state index in [0.717, 1.165) is 6.42 Å². The van der Waals surface area contributed by atoms with Gasteiger partial charge >= 0.3 is 0 Å². The van der Waals surface area contributed by atoms with Crippen LogP contribution in [-0.2, 0) is 0 Å². The van der Waals surface area contributed by atoms with Gasteiger partial charge in [0.2, 0.25) is 0 Å². The molecule has 2 rings (SSSR count). The fourth-order valence-corrected chi connectivity index (χ4v) is 2.13. The summed E-state index contributed by atoms with van der Waals surface area (Å²) in [7, 11) is 0. The molecule has 1 fully saturated rings. The fourth-order valence-electron chi connectivity index (χ4n) is 2.13. The fraction of sp³-hybridized carbons (Fsp3) is 0.500. The molecular weight excluding hydrogens is 172 g/mol. The molecule has 0 bridgehead atoms. The van der Waals surface area contributed by atoms with Gasteiger partial charge in [-0.2, -0.15) is 0 Å². The maximum absolute atomic E-state index is 6.11. The third-order valence-electron chi connectivity index (χ3n) is 2.98. The zero-order valence-electron chi connectivity index (χ0n) is 8.61. The monoisotopic (exact) mass is 190 g/mol. The van der Waals surface area contributed by atoms with E-state index in [-0.39, 0.29) is 6.04 Å². The van der Waals surface area contributed by atoms with Crippen LogP contribution in [0.15, 0.2) is 30.3 Å². The highest BCUT2D eigenvalue weighted by atomic mass is 15.0. The van der Waals surface area contributed by atoms with Crippen molar-refractivity contribution in [3.05, 3.63) is 35.9 Å². The van der Waals surface area contributed by atoms with Crippen molar-refractivity contribution in [1.29, 1.82) is 0 Å². The molecule has 1 aromatic carbocycles. The van der Waals surface area contributed by atoms with Crippen LogP contribution >= 0.6 is 0 Å². The number of hydrogen-bond donors (Lipinski definition) is 2. The lowest BCUT2D eigenvalue weighted by molar-refractivity contribution is 0.301. The highest BCUT2D eigenvalue weighted by Crippen LogP contribution is 2.24. The van der Waals surface area contributed by atoms with E-state index in [4.69, 9.17) is 5.73 Å². The molecule has 3 N–H and O–H groups in total. The molecule has 2 heteroatoms. The Hall–Kier alpha value is -0.860. The summed E-state index contributed by atoms with van der Waals surface area (Å²) < 4.78 is 0. The smallest absolute Gasteiger partial charge is 0.0475 e. The quantitative estimate of drug-likeness (QED) is 0.709. The molecule has 1 unspecified atom stereocenters. The van der Waals surface area contributed by atoms with Crippen LogP contribution in [0.4, 0.5) is 0 Å². The summed E-state index contributed by atoms with van der Waals surface area (Å²) in [5.74, 6) is 0. The lowest BCUT2D eigenvalue weighted by Gasteiger charge is -2.34. The Morgan fingerprint density at radius 1 is 1.21 bits per heavy atom. The van der Waals surface area contributed by atoms with Crippen LogP contribution in [0.1, 0.15) is 31.4 Å². The first kappa shape index (κ1) is 9.69. The molecule has 0 spiro atoms. The van der Waals surface area contributed by atoms with Crippen molar-refractivity contribution in [3.8, 4) is 0 Å². The van der Waals surface area contributed by atoms with Crippen molar-refractivity contribution in [2.75, 3.05) is 0 Å². The number of nitrogens with one attached hydrogen (secondary N) is 1. The van der Waals surface area contributed by atoms with Gasteiger partial charge in [-0.25, -0.2) is 0 Å². The van der Waals surface area contributed by atoms with Crippen LogP contribution in [0, 0.1) is 0 Å². The van der Waals surface area contributed by atoms with Gasteiger partial charge in [0.1, 0.15) is 0 Å². The number of piperidine rings is 1. The van der Waals surface area contributed by atoms with Crippen molar-refractivity contribution in [3.63, 3.8) is 0 Å². The van der Waals surface area contributed by atoms with Crippen molar-refractivity contribution >= 4 is 0 Å². The summed E-state index contributed by atoms with van der Waals surface area (Å²) in [6, 6.07) is 11.7. The number of nitrogens with two attached hydrogens (primary N) is 1. The molecule has 0 radical (unpaired) electrons. The van der Waals surface area contributed by atoms with Crippen molar-refractivity contribution in [1.82, 2.24) is 5.32 Å². The van der Waals surface area contributed by atoms with Gasteiger partial charge in [-0.1, -0.05) is 30.3 Å². The van der Waals surface area contributed by atoms with E-state index in [1.165, 1.54) is 12.0 Å². The molecule has 1 heterocycles. The maximum atomic E-state index is 6.11. The van der Waals surface area contributed by atoms with Gasteiger partial charge in [0.15, 0.2) is 0 Å². The van der Waals surface area contributed by atoms with Gasteiger partial charge in [-0.05, 0) is 25.3 Å². The van der Waals surface area contributed by atoms with Gasteiger partial charge in [-0.15, -0.1) is 0 Å². The van der Waals surface area contributed by atoms with E-state index in [1.54, 1.807) is 0 Å². The third kappa shape index (κ3) is 1.97. The van der Waals surface area contributed by atoms with Crippen molar-refractivity contribution < 1.29 is 0 Å². The Labute approximate surface area is 85.5 Å². The van der Waals surface area contributed by atoms with Gasteiger partial charge in [0.05, 0.1) is 0 Å². The molecule has 76 valence electrons. The first-order valence-electron chi connectivity index (χ1n) is 5.34. The molecule has 3 atom stereocenters. The number of rotatable bonds is 1. The predicted molar refractivity (Wildman–Crippen MR) is 59.0 cm³/mol. The second-order valence-electron chi connectivity index (χ2n) is 4.20. The average Bonchev–Trinajstić information content (AvgIpc) is 2.23. The van der Waals surface area contributed by atoms with E-state index < -0.39 is 0 Å². The zero-order chi connectivity index (χ0) is 9.97. The minimum Gasteiger partial charge on any atom is -0.326 e. The standard InChI is InChI=1S/C12H18N2/c1-9-7-8-11(13)12(14-9)10-5-3-2-4-6-10/h2-6,9,11-12,14H,7-8,13H2,1H3/t9-,11-,12?/m0/s1. The predicted octanol–water partition coefficient (Wildman–Crippen LogP) is 1.83. The molecule has 1 saturated heterocycles. The Kier molecular flexibility index (Phi) is 2.85. The molecule has 0 saturated carbocycles. The van der Waals surface area contributed by atoms with Crippen LogP contribution < -0.4 is 11.1 Å². The first-order chi connectivity index (χ1) is 6.77. The Morgan fingerprint density at radius 3 is 2.64 bits per heavy atom. The Bertz CT molecular complexity index is 284. The van der Waals surface area contributed by atoms with E-state index in [0.29, 0.717) is 12.1 Å². The Morgan fingerprint density at radius 2 is 1.93 bits per heavy atom. The molecule has 14 heavy (non-hydrogen) atoms. The SMILES string of the molecule is C[C@H]1CC[C@H](N)C(c2ccccc2)N1. The summed E-state index contributed by atoms with van der Waals surface area (Å²) in [6.45, 7) is 2.22. The van der Waals surface area contributed by atoms with Gasteiger partial charge < -0.3 is 11.1 Å². The molecule has 2 nitrogen and oxygen atoms in total. The van der Waals surface area contributed by atoms with Gasteiger partial charge in [-0.3, -0.25) is 0 Å². The lowest BCUT2D eigenvalue weighted by atomic mass is 9.90. The van der Waals surface area contributed by atoms with E-state index in [1.807, 2.05) is 6.07 Å². The van der Waals surface area contributed by atoms with Crippen LogP contribution in [0.3, 0.4) is 0 Å². The molecule has 0 aliphatic carbocycles. The summed E-state index contributed by atoms with van der Waals surface area (Å²) >= 11 is 0. The molecule has 1 aliphatic heterocycles. The largest absolute Gasteiger partial charge is 0.326 e. The minimum absolute atomic E-state index is 0.258. The number of benzene rings is 1. The molecule has 1 aliphatic rings. The van der Waals surface area contributed by atoms with Crippen molar-refractivity contribution in [2.24, 2.45) is 5.73 Å². The third-order valence-corrected chi connectivity index (χ3v) is 2.98. The molecule has 0 amide bonds. The van der Waals surface area contributed by atoms with Gasteiger partial charge in [0, 0.05) is 18.1 Å². The summed E-state index contributed by atoms with van der Waals surface area (Å²) in [4.78, 5) is 0. The minimum atomic E-state index is 0.258. The second kappa shape index (κ2) is 4.11. The molecular formula is C12H18N2. The lowest BCUT2D eigenvalue weighted by Crippen LogP contribution is -2.46. The van der Waals surface area contributed by atoms with Crippen molar-refractivity contribution in [2.45, 2.75) is 37.9 Å². The second-order valence-corrected chi connectivity index (χ2v) is 4.20. The number of hydrogen-bond acceptors (Lipinski definition) is 2. The van der Waals surface area contributed by atoms with Crippen LogP contribution in [0.2, 0.25) is 0 Å². The van der Waals surface area contributed by atoms with Crippen LogP contribution in [0.5, 0.6) is 0 Å². The summed E-state index contributed by atoms with van der Waals surface area (Å²) in [5, 5.41) is 3.56. The van der Waals surface area contributed by atoms with Gasteiger partial charge in [0.25, 0.3) is 0 Å². The molecule has 0 aromatic heterocycles. The first-order valence-corrected chi connectivity index (χ1v) is 5.34. The van der Waals surface area contributed by atoms with Crippen LogP contribution in [0.25, 0.3) is 0 Å². The normalized spacial score (nSPS) is 32.9. The van der Waals surface area contributed by atoms with E-state index >= 15 is 0 Å². The maximum Gasteiger partial charge on any atom is 0.0475 e. The summed E-state index contributed by atoms with van der Waals surface area (Å²) in [5.41, 5.74) is 7.42. The van der Waals surface area contributed by atoms with E-state index in [9.17, 15) is 0 Å². The average molecular weight is 190 g/mol. The van der Waals surface area contributed by atoms with E-state index in [2.05, 4.69) is 36.5 Å². The summed E-state index contributed by atoms with van der Waals surface area (Å²) in [6.07, 6.45) is 2.30. The zero-order valence-corrected chi connectivity index (χ0v) is 8.61. The van der Waals surface area contributed by atoms with Crippen LogP contribution in [-0.4, -0.2) is 12.1 Å². The Balaban J connectivity index is 2.16. The molecule has 1 aromatic rings. The highest BCUT2D eigenvalue weighted by Gasteiger charge is 2.25. The topological polar surface area (TPSA) is 38.0 Å². The highest BCUT2D eigenvalue weighted by molar-refractivity contribution is 5.21.